The molecular weight excluding hydrogens is 264 g/mol. The monoisotopic (exact) mass is 277 g/mol. The minimum absolute atomic E-state index is 0.125. The van der Waals surface area contributed by atoms with Gasteiger partial charge < -0.3 is 5.73 Å². The molecule has 2 atom stereocenters. The Balaban J connectivity index is 3.09. The molecule has 0 amide bonds. The van der Waals surface area contributed by atoms with Gasteiger partial charge >= 0.3 is 0 Å². The molecule has 15 heavy (non-hydrogen) atoms. The van der Waals surface area contributed by atoms with Crippen molar-refractivity contribution < 1.29 is 8.78 Å². The van der Waals surface area contributed by atoms with Crippen LogP contribution in [-0.4, -0.2) is 0 Å². The van der Waals surface area contributed by atoms with Gasteiger partial charge in [-0.2, -0.15) is 0 Å². The molecule has 1 rings (SSSR count). The van der Waals surface area contributed by atoms with Crippen LogP contribution in [0.25, 0.3) is 0 Å². The van der Waals surface area contributed by atoms with Crippen LogP contribution in [0.1, 0.15) is 31.9 Å². The molecule has 0 radical (unpaired) electrons. The molecule has 84 valence electrons. The largest absolute Gasteiger partial charge is 0.324 e. The first-order chi connectivity index (χ1) is 6.97. The van der Waals surface area contributed by atoms with Gasteiger partial charge in [0.25, 0.3) is 0 Å². The van der Waals surface area contributed by atoms with Crippen LogP contribution in [0.2, 0.25) is 0 Å². The lowest BCUT2D eigenvalue weighted by atomic mass is 9.93. The van der Waals surface area contributed by atoms with Crippen LogP contribution in [0.5, 0.6) is 0 Å². The molecule has 1 aromatic carbocycles. The Morgan fingerprint density at radius 1 is 1.33 bits per heavy atom. The lowest BCUT2D eigenvalue weighted by molar-refractivity contribution is 0.436. The van der Waals surface area contributed by atoms with Gasteiger partial charge in [0.05, 0.1) is 4.47 Å². The molecule has 0 saturated heterocycles. The lowest BCUT2D eigenvalue weighted by Crippen LogP contribution is -2.20. The van der Waals surface area contributed by atoms with Gasteiger partial charge in [0.2, 0.25) is 0 Å². The predicted octanol–water partition coefficient (Wildman–Crippen LogP) is 3.77. The molecule has 0 heterocycles. The molecule has 0 aliphatic carbocycles. The Morgan fingerprint density at radius 3 is 2.47 bits per heavy atom. The highest BCUT2D eigenvalue weighted by Gasteiger charge is 2.18. The molecule has 2 N–H and O–H groups in total. The van der Waals surface area contributed by atoms with E-state index in [-0.39, 0.29) is 16.0 Å². The quantitative estimate of drug-likeness (QED) is 0.837. The third-order valence-corrected chi connectivity index (χ3v) is 3.26. The maximum atomic E-state index is 13.5. The summed E-state index contributed by atoms with van der Waals surface area (Å²) in [6, 6.07) is 1.82. The second-order valence-corrected chi connectivity index (χ2v) is 4.55. The summed E-state index contributed by atoms with van der Waals surface area (Å²) in [5, 5.41) is 0. The van der Waals surface area contributed by atoms with E-state index < -0.39 is 17.7 Å². The highest BCUT2D eigenvalue weighted by molar-refractivity contribution is 9.10. The summed E-state index contributed by atoms with van der Waals surface area (Å²) in [6.45, 7) is 3.89. The maximum absolute atomic E-state index is 13.5. The number of nitrogens with two attached hydrogens (primary N) is 1. The Morgan fingerprint density at radius 2 is 1.93 bits per heavy atom. The number of benzene rings is 1. The van der Waals surface area contributed by atoms with Gasteiger partial charge in [0.15, 0.2) is 0 Å². The van der Waals surface area contributed by atoms with Crippen molar-refractivity contribution in [2.75, 3.05) is 0 Å². The second-order valence-electron chi connectivity index (χ2n) is 3.70. The van der Waals surface area contributed by atoms with E-state index in [2.05, 4.69) is 15.9 Å². The molecule has 0 saturated carbocycles. The average Bonchev–Trinajstić information content (AvgIpc) is 2.21. The topological polar surface area (TPSA) is 26.0 Å². The van der Waals surface area contributed by atoms with Crippen LogP contribution in [0.3, 0.4) is 0 Å². The molecule has 0 fully saturated rings. The molecule has 4 heteroatoms. The summed E-state index contributed by atoms with van der Waals surface area (Å²) in [7, 11) is 0. The number of hydrogen-bond donors (Lipinski definition) is 1. The van der Waals surface area contributed by atoms with Crippen molar-refractivity contribution in [2.45, 2.75) is 26.3 Å². The standard InChI is InChI=1S/C11H14BrF2N/c1-3-6(2)11(15)7-4-10(14)8(12)5-9(7)13/h4-6,11H,3,15H2,1-2H3. The van der Waals surface area contributed by atoms with Crippen LogP contribution in [0.4, 0.5) is 8.78 Å². The minimum Gasteiger partial charge on any atom is -0.324 e. The van der Waals surface area contributed by atoms with Gasteiger partial charge in [-0.1, -0.05) is 20.3 Å². The van der Waals surface area contributed by atoms with Crippen LogP contribution in [0.15, 0.2) is 16.6 Å². The van der Waals surface area contributed by atoms with Gasteiger partial charge in [-0.3, -0.25) is 0 Å². The first kappa shape index (κ1) is 12.6. The fourth-order valence-electron chi connectivity index (χ4n) is 1.35. The van der Waals surface area contributed by atoms with Crippen molar-refractivity contribution in [1.82, 2.24) is 0 Å². The molecule has 2 unspecified atom stereocenters. The summed E-state index contributed by atoms with van der Waals surface area (Å²) < 4.78 is 26.8. The van der Waals surface area contributed by atoms with E-state index in [0.29, 0.717) is 0 Å². The van der Waals surface area contributed by atoms with E-state index in [9.17, 15) is 8.78 Å². The molecular formula is C11H14BrF2N. The van der Waals surface area contributed by atoms with Crippen molar-refractivity contribution in [1.29, 1.82) is 0 Å². The number of hydrogen-bond acceptors (Lipinski definition) is 1. The maximum Gasteiger partial charge on any atom is 0.137 e. The zero-order valence-electron chi connectivity index (χ0n) is 8.73. The normalized spacial score (nSPS) is 15.1. The van der Waals surface area contributed by atoms with Gasteiger partial charge in [0.1, 0.15) is 11.6 Å². The lowest BCUT2D eigenvalue weighted by Gasteiger charge is -2.19. The van der Waals surface area contributed by atoms with Gasteiger partial charge in [-0.05, 0) is 34.0 Å². The molecule has 1 nitrogen and oxygen atoms in total. The van der Waals surface area contributed by atoms with Gasteiger partial charge in [-0.15, -0.1) is 0 Å². The van der Waals surface area contributed by atoms with Crippen LogP contribution < -0.4 is 5.73 Å². The highest BCUT2D eigenvalue weighted by atomic mass is 79.9. The fourth-order valence-corrected chi connectivity index (χ4v) is 1.67. The highest BCUT2D eigenvalue weighted by Crippen LogP contribution is 2.28. The summed E-state index contributed by atoms with van der Waals surface area (Å²) >= 11 is 2.93. The van der Waals surface area contributed by atoms with Crippen molar-refractivity contribution in [3.8, 4) is 0 Å². The number of rotatable bonds is 3. The molecule has 0 aliphatic rings. The Labute approximate surface area is 96.8 Å². The smallest absolute Gasteiger partial charge is 0.137 e. The van der Waals surface area contributed by atoms with Crippen LogP contribution >= 0.6 is 15.9 Å². The Bertz CT molecular complexity index is 355. The zero-order valence-corrected chi connectivity index (χ0v) is 10.3. The van der Waals surface area contributed by atoms with E-state index in [0.717, 1.165) is 18.6 Å². The Hall–Kier alpha value is -0.480. The first-order valence-corrected chi connectivity index (χ1v) is 5.66. The van der Waals surface area contributed by atoms with Crippen LogP contribution in [0, 0.1) is 17.6 Å². The molecule has 0 aliphatic heterocycles. The third-order valence-electron chi connectivity index (χ3n) is 2.66. The first-order valence-electron chi connectivity index (χ1n) is 4.87. The average molecular weight is 278 g/mol. The van der Waals surface area contributed by atoms with Crippen LogP contribution in [-0.2, 0) is 0 Å². The van der Waals surface area contributed by atoms with Crippen molar-refractivity contribution in [2.24, 2.45) is 11.7 Å². The number of halogens is 3. The molecule has 1 aromatic rings. The van der Waals surface area contributed by atoms with E-state index in [1.807, 2.05) is 13.8 Å². The summed E-state index contributed by atoms with van der Waals surface area (Å²) in [5.41, 5.74) is 6.09. The Kier molecular flexibility index (Phi) is 4.22. The fraction of sp³-hybridized carbons (Fsp3) is 0.455. The van der Waals surface area contributed by atoms with E-state index in [1.165, 1.54) is 0 Å². The zero-order chi connectivity index (χ0) is 11.6. The third kappa shape index (κ3) is 2.75. The second kappa shape index (κ2) is 5.03. The summed E-state index contributed by atoms with van der Waals surface area (Å²) in [5.74, 6) is -0.818. The molecule has 0 bridgehead atoms. The van der Waals surface area contributed by atoms with Crippen molar-refractivity contribution >= 4 is 15.9 Å². The van der Waals surface area contributed by atoms with Gasteiger partial charge in [-0.25, -0.2) is 8.78 Å². The predicted molar refractivity (Wildman–Crippen MR) is 60.4 cm³/mol. The van der Waals surface area contributed by atoms with E-state index in [1.54, 1.807) is 0 Å². The van der Waals surface area contributed by atoms with E-state index in [4.69, 9.17) is 5.73 Å². The van der Waals surface area contributed by atoms with Crippen molar-refractivity contribution in [3.05, 3.63) is 33.8 Å². The minimum atomic E-state index is -0.481. The van der Waals surface area contributed by atoms with Gasteiger partial charge in [0, 0.05) is 11.6 Å². The summed E-state index contributed by atoms with van der Waals surface area (Å²) in [6.07, 6.45) is 0.832. The molecule has 0 aromatic heterocycles. The molecule has 0 spiro atoms. The van der Waals surface area contributed by atoms with Crippen molar-refractivity contribution in [3.63, 3.8) is 0 Å². The SMILES string of the molecule is CCC(C)C(N)c1cc(F)c(Br)cc1F. The summed E-state index contributed by atoms with van der Waals surface area (Å²) in [4.78, 5) is 0. The van der Waals surface area contributed by atoms with E-state index >= 15 is 0 Å².